The van der Waals surface area contributed by atoms with Crippen LogP contribution in [0, 0.1) is 5.92 Å². The SMILES string of the molecule is CCN(C)C(=O)CNC1=NCC(CC(C)C)S1. The van der Waals surface area contributed by atoms with Gasteiger partial charge in [0, 0.05) is 18.8 Å². The summed E-state index contributed by atoms with van der Waals surface area (Å²) in [5, 5.41) is 4.63. The smallest absolute Gasteiger partial charge is 0.241 e. The van der Waals surface area contributed by atoms with Crippen molar-refractivity contribution in [3.8, 4) is 0 Å². The van der Waals surface area contributed by atoms with Crippen LogP contribution >= 0.6 is 11.8 Å². The van der Waals surface area contributed by atoms with Crippen molar-refractivity contribution in [1.82, 2.24) is 10.2 Å². The summed E-state index contributed by atoms with van der Waals surface area (Å²) in [6.45, 7) is 8.40. The summed E-state index contributed by atoms with van der Waals surface area (Å²) in [5.41, 5.74) is 0. The molecule has 1 N–H and O–H groups in total. The van der Waals surface area contributed by atoms with E-state index < -0.39 is 0 Å². The first-order chi connectivity index (χ1) is 8.02. The fourth-order valence-electron chi connectivity index (χ4n) is 1.63. The van der Waals surface area contributed by atoms with Crippen molar-refractivity contribution in [2.45, 2.75) is 32.4 Å². The van der Waals surface area contributed by atoms with Gasteiger partial charge >= 0.3 is 0 Å². The molecule has 1 amide bonds. The van der Waals surface area contributed by atoms with Crippen LogP contribution in [0.2, 0.25) is 0 Å². The zero-order chi connectivity index (χ0) is 12.8. The standard InChI is InChI=1S/C12H23N3OS/c1-5-15(4)11(16)8-14-12-13-7-10(17-12)6-9(2)3/h9-10H,5-8H2,1-4H3,(H,13,14). The average Bonchev–Trinajstić information content (AvgIpc) is 2.71. The van der Waals surface area contributed by atoms with Crippen LogP contribution in [0.5, 0.6) is 0 Å². The van der Waals surface area contributed by atoms with Crippen molar-refractivity contribution < 1.29 is 4.79 Å². The first-order valence-electron chi connectivity index (χ1n) is 6.21. The van der Waals surface area contributed by atoms with Crippen LogP contribution in [-0.2, 0) is 4.79 Å². The molecule has 1 heterocycles. The number of nitrogens with one attached hydrogen (secondary N) is 1. The molecular formula is C12H23N3OS. The monoisotopic (exact) mass is 257 g/mol. The molecule has 17 heavy (non-hydrogen) atoms. The number of thioether (sulfide) groups is 1. The Labute approximate surface area is 108 Å². The number of amides is 1. The van der Waals surface area contributed by atoms with Crippen LogP contribution in [-0.4, -0.2) is 47.9 Å². The van der Waals surface area contributed by atoms with E-state index in [-0.39, 0.29) is 5.91 Å². The minimum atomic E-state index is 0.114. The largest absolute Gasteiger partial charge is 0.356 e. The number of aliphatic imine (C=N–C) groups is 1. The Balaban J connectivity index is 2.24. The van der Waals surface area contributed by atoms with E-state index in [1.807, 2.05) is 14.0 Å². The fourth-order valence-corrected chi connectivity index (χ4v) is 2.88. The first-order valence-corrected chi connectivity index (χ1v) is 7.09. The maximum Gasteiger partial charge on any atom is 0.241 e. The Bertz CT molecular complexity index is 291. The Kier molecular flexibility index (Phi) is 5.82. The topological polar surface area (TPSA) is 44.7 Å². The highest BCUT2D eigenvalue weighted by atomic mass is 32.2. The lowest BCUT2D eigenvalue weighted by molar-refractivity contribution is -0.128. The number of hydrogen-bond acceptors (Lipinski definition) is 4. The molecule has 0 saturated heterocycles. The van der Waals surface area contributed by atoms with Gasteiger partial charge in [0.15, 0.2) is 5.17 Å². The summed E-state index contributed by atoms with van der Waals surface area (Å²) >= 11 is 1.77. The second kappa shape index (κ2) is 6.89. The van der Waals surface area contributed by atoms with E-state index in [1.165, 1.54) is 6.42 Å². The molecule has 0 radical (unpaired) electrons. The van der Waals surface area contributed by atoms with Crippen LogP contribution in [0.15, 0.2) is 4.99 Å². The maximum atomic E-state index is 11.6. The maximum absolute atomic E-state index is 11.6. The number of carbonyl (C=O) groups is 1. The van der Waals surface area contributed by atoms with E-state index >= 15 is 0 Å². The van der Waals surface area contributed by atoms with E-state index in [4.69, 9.17) is 0 Å². The van der Waals surface area contributed by atoms with Gasteiger partial charge < -0.3 is 10.2 Å². The third-order valence-electron chi connectivity index (χ3n) is 2.74. The molecule has 0 aliphatic carbocycles. The Morgan fingerprint density at radius 2 is 2.35 bits per heavy atom. The number of likely N-dealkylation sites (N-methyl/N-ethyl adjacent to an activating group) is 1. The minimum Gasteiger partial charge on any atom is -0.356 e. The number of hydrogen-bond donors (Lipinski definition) is 1. The predicted molar refractivity (Wildman–Crippen MR) is 74.4 cm³/mol. The van der Waals surface area contributed by atoms with Gasteiger partial charge in [-0.05, 0) is 19.3 Å². The van der Waals surface area contributed by atoms with Crippen LogP contribution in [0.1, 0.15) is 27.2 Å². The third-order valence-corrected chi connectivity index (χ3v) is 3.91. The zero-order valence-corrected chi connectivity index (χ0v) is 12.0. The minimum absolute atomic E-state index is 0.114. The summed E-state index contributed by atoms with van der Waals surface area (Å²) in [6.07, 6.45) is 1.18. The normalized spacial score (nSPS) is 19.4. The average molecular weight is 257 g/mol. The molecule has 5 heteroatoms. The van der Waals surface area contributed by atoms with Gasteiger partial charge in [0.2, 0.25) is 5.91 Å². The van der Waals surface area contributed by atoms with Gasteiger partial charge in [0.05, 0.1) is 13.1 Å². The highest BCUT2D eigenvalue weighted by molar-refractivity contribution is 8.14. The summed E-state index contributed by atoms with van der Waals surface area (Å²) < 4.78 is 0. The van der Waals surface area contributed by atoms with Crippen molar-refractivity contribution in [2.75, 3.05) is 26.7 Å². The molecule has 4 nitrogen and oxygen atoms in total. The van der Waals surface area contributed by atoms with Crippen molar-refractivity contribution in [1.29, 1.82) is 0 Å². The summed E-state index contributed by atoms with van der Waals surface area (Å²) in [6, 6.07) is 0. The van der Waals surface area contributed by atoms with Gasteiger partial charge in [0.25, 0.3) is 0 Å². The van der Waals surface area contributed by atoms with Gasteiger partial charge in [-0.2, -0.15) is 0 Å². The molecule has 0 saturated carbocycles. The molecule has 0 bridgehead atoms. The molecule has 0 aromatic carbocycles. The predicted octanol–water partition coefficient (Wildman–Crippen LogP) is 1.57. The molecule has 0 spiro atoms. The number of amidine groups is 1. The van der Waals surface area contributed by atoms with E-state index in [0.29, 0.717) is 17.7 Å². The van der Waals surface area contributed by atoms with Crippen molar-refractivity contribution >= 4 is 22.8 Å². The number of nitrogens with zero attached hydrogens (tertiary/aromatic N) is 2. The molecule has 0 aromatic rings. The molecule has 1 unspecified atom stereocenters. The lowest BCUT2D eigenvalue weighted by atomic mass is 10.1. The zero-order valence-electron chi connectivity index (χ0n) is 11.2. The van der Waals surface area contributed by atoms with Gasteiger partial charge in [0.1, 0.15) is 0 Å². The summed E-state index contributed by atoms with van der Waals surface area (Å²) in [7, 11) is 1.81. The molecule has 0 fully saturated rings. The molecule has 98 valence electrons. The fraction of sp³-hybridized carbons (Fsp3) is 0.833. The van der Waals surface area contributed by atoms with Crippen molar-refractivity contribution in [3.63, 3.8) is 0 Å². The molecular weight excluding hydrogens is 234 g/mol. The number of carbonyl (C=O) groups excluding carboxylic acids is 1. The molecule has 0 aromatic heterocycles. The van der Waals surface area contributed by atoms with Gasteiger partial charge in [-0.15, -0.1) is 0 Å². The van der Waals surface area contributed by atoms with Crippen molar-refractivity contribution in [2.24, 2.45) is 10.9 Å². The van der Waals surface area contributed by atoms with Gasteiger partial charge in [-0.1, -0.05) is 25.6 Å². The highest BCUT2D eigenvalue weighted by Gasteiger charge is 2.20. The number of rotatable bonds is 5. The quantitative estimate of drug-likeness (QED) is 0.813. The van der Waals surface area contributed by atoms with Crippen LogP contribution in [0.4, 0.5) is 0 Å². The lowest BCUT2D eigenvalue weighted by Crippen LogP contribution is -2.36. The molecule has 1 aliphatic rings. The van der Waals surface area contributed by atoms with Crippen LogP contribution < -0.4 is 5.32 Å². The Morgan fingerprint density at radius 3 is 2.94 bits per heavy atom. The second-order valence-electron chi connectivity index (χ2n) is 4.78. The molecule has 1 rings (SSSR count). The van der Waals surface area contributed by atoms with Crippen molar-refractivity contribution in [3.05, 3.63) is 0 Å². The lowest BCUT2D eigenvalue weighted by Gasteiger charge is -2.15. The van der Waals surface area contributed by atoms with E-state index in [9.17, 15) is 4.79 Å². The van der Waals surface area contributed by atoms with E-state index in [1.54, 1.807) is 16.7 Å². The van der Waals surface area contributed by atoms with Crippen LogP contribution in [0.25, 0.3) is 0 Å². The van der Waals surface area contributed by atoms with E-state index in [0.717, 1.165) is 18.3 Å². The van der Waals surface area contributed by atoms with Gasteiger partial charge in [-0.25, -0.2) is 0 Å². The molecule has 1 aliphatic heterocycles. The summed E-state index contributed by atoms with van der Waals surface area (Å²) in [4.78, 5) is 17.7. The van der Waals surface area contributed by atoms with E-state index in [2.05, 4.69) is 24.2 Å². The first kappa shape index (κ1) is 14.4. The summed E-state index contributed by atoms with van der Waals surface area (Å²) in [5.74, 6) is 0.818. The highest BCUT2D eigenvalue weighted by Crippen LogP contribution is 2.25. The third kappa shape index (κ3) is 4.98. The molecule has 1 atom stereocenters. The Morgan fingerprint density at radius 1 is 1.65 bits per heavy atom. The van der Waals surface area contributed by atoms with Crippen LogP contribution in [0.3, 0.4) is 0 Å². The second-order valence-corrected chi connectivity index (χ2v) is 6.07. The van der Waals surface area contributed by atoms with Gasteiger partial charge in [-0.3, -0.25) is 9.79 Å². The Hall–Kier alpha value is -0.710.